The Kier molecular flexibility index (Phi) is 6.02. The number of phenols is 1. The second-order valence-electron chi connectivity index (χ2n) is 11.7. The molecule has 0 bridgehead atoms. The van der Waals surface area contributed by atoms with E-state index in [1.165, 1.54) is 19.9 Å². The molecule has 40 heavy (non-hydrogen) atoms. The largest absolute Gasteiger partial charge is 0.511 e. The zero-order valence-electron chi connectivity index (χ0n) is 22.9. The highest BCUT2D eigenvalue weighted by molar-refractivity contribution is 6.26. The number of carbonyl (C=O) groups is 3. The molecule has 2 aromatic rings. The summed E-state index contributed by atoms with van der Waals surface area (Å²) in [6.45, 7) is 7.38. The zero-order chi connectivity index (χ0) is 29.5. The molecule has 3 aliphatic carbocycles. The number of aromatic hydroxyl groups is 1. The highest BCUT2D eigenvalue weighted by Crippen LogP contribution is 2.67. The lowest BCUT2D eigenvalue weighted by Gasteiger charge is -2.62. The van der Waals surface area contributed by atoms with Gasteiger partial charge in [-0.15, -0.1) is 0 Å². The lowest BCUT2D eigenvalue weighted by atomic mass is 9.42. The highest BCUT2D eigenvalue weighted by atomic mass is 16.4. The van der Waals surface area contributed by atoms with Gasteiger partial charge in [-0.1, -0.05) is 69.3 Å². The lowest BCUT2D eigenvalue weighted by Crippen LogP contribution is -2.73. The van der Waals surface area contributed by atoms with E-state index >= 15 is 0 Å². The fraction of sp³-hybridized carbons (Fsp3) is 0.344. The second kappa shape index (κ2) is 8.74. The van der Waals surface area contributed by atoms with Gasteiger partial charge in [-0.25, -0.2) is 0 Å². The molecule has 8 heteroatoms. The number of ketones is 3. The summed E-state index contributed by atoms with van der Waals surface area (Å²) in [6.07, 6.45) is -0.0157. The highest BCUT2D eigenvalue weighted by Gasteiger charge is 2.75. The maximum atomic E-state index is 14.1. The van der Waals surface area contributed by atoms with E-state index in [-0.39, 0.29) is 11.3 Å². The van der Waals surface area contributed by atoms with Crippen LogP contribution in [-0.2, 0) is 9.59 Å². The molecule has 0 amide bonds. The van der Waals surface area contributed by atoms with Crippen molar-refractivity contribution in [2.24, 2.45) is 22.7 Å². The van der Waals surface area contributed by atoms with Crippen molar-refractivity contribution in [3.63, 3.8) is 0 Å². The molecule has 0 fully saturated rings. The topological polar surface area (TPSA) is 152 Å². The van der Waals surface area contributed by atoms with Crippen molar-refractivity contribution < 1.29 is 39.9 Å². The monoisotopic (exact) mass is 544 g/mol. The number of fused-ring (bicyclic) bond motifs is 3. The normalized spacial score (nSPS) is 32.8. The maximum Gasteiger partial charge on any atom is 0.209 e. The minimum absolute atomic E-state index is 0.156. The van der Waals surface area contributed by atoms with Crippen LogP contribution >= 0.6 is 0 Å². The first-order valence-corrected chi connectivity index (χ1v) is 13.1. The summed E-state index contributed by atoms with van der Waals surface area (Å²) >= 11 is 0. The molecule has 0 saturated carbocycles. The van der Waals surface area contributed by atoms with Crippen LogP contribution in [0.5, 0.6) is 5.75 Å². The van der Waals surface area contributed by atoms with Gasteiger partial charge in [0.1, 0.15) is 22.8 Å². The van der Waals surface area contributed by atoms with E-state index in [2.05, 4.69) is 0 Å². The van der Waals surface area contributed by atoms with Crippen molar-refractivity contribution in [2.75, 3.05) is 0 Å². The van der Waals surface area contributed by atoms with Crippen molar-refractivity contribution in [3.05, 3.63) is 87.9 Å². The van der Waals surface area contributed by atoms with E-state index in [1.807, 2.05) is 6.07 Å². The van der Waals surface area contributed by atoms with Crippen molar-refractivity contribution in [3.8, 4) is 5.75 Å². The van der Waals surface area contributed by atoms with Crippen LogP contribution in [0.1, 0.15) is 56.1 Å². The van der Waals surface area contributed by atoms with Crippen molar-refractivity contribution in [2.45, 2.75) is 46.3 Å². The van der Waals surface area contributed by atoms with E-state index < -0.39 is 74.4 Å². The Hall–Kier alpha value is -4.01. The van der Waals surface area contributed by atoms with Gasteiger partial charge in [0.2, 0.25) is 5.78 Å². The average molecular weight is 545 g/mol. The third-order valence-corrected chi connectivity index (χ3v) is 9.22. The molecule has 0 radical (unpaired) electrons. The first kappa shape index (κ1) is 27.6. The van der Waals surface area contributed by atoms with Gasteiger partial charge in [-0.3, -0.25) is 14.4 Å². The summed E-state index contributed by atoms with van der Waals surface area (Å²) in [4.78, 5) is 40.5. The number of Topliss-reactive ketones (excluding diaryl/α,β-unsaturated/α-hetero) is 3. The third kappa shape index (κ3) is 3.11. The van der Waals surface area contributed by atoms with E-state index in [4.69, 9.17) is 0 Å². The third-order valence-electron chi connectivity index (χ3n) is 9.22. The molecule has 5 rings (SSSR count). The number of allylic oxidation sites excluding steroid dienone is 1. The van der Waals surface area contributed by atoms with E-state index in [0.29, 0.717) is 16.7 Å². The minimum Gasteiger partial charge on any atom is -0.511 e. The summed E-state index contributed by atoms with van der Waals surface area (Å²) in [7, 11) is 0. The molecular weight excluding hydrogens is 512 g/mol. The number of hydrogen-bond acceptors (Lipinski definition) is 8. The lowest BCUT2D eigenvalue weighted by molar-refractivity contribution is -0.202. The van der Waals surface area contributed by atoms with E-state index in [9.17, 15) is 39.9 Å². The zero-order valence-corrected chi connectivity index (χ0v) is 22.9. The Bertz CT molecular complexity index is 1580. The Morgan fingerprint density at radius 2 is 1.60 bits per heavy atom. The molecule has 0 saturated heterocycles. The minimum atomic E-state index is -2.93. The van der Waals surface area contributed by atoms with Crippen LogP contribution in [0.25, 0.3) is 11.6 Å². The van der Waals surface area contributed by atoms with Gasteiger partial charge in [-0.05, 0) is 42.5 Å². The van der Waals surface area contributed by atoms with Crippen LogP contribution in [0.3, 0.4) is 0 Å². The van der Waals surface area contributed by atoms with Crippen LogP contribution in [0.4, 0.5) is 0 Å². The van der Waals surface area contributed by atoms with Gasteiger partial charge in [-0.2, -0.15) is 0 Å². The van der Waals surface area contributed by atoms with E-state index in [1.54, 1.807) is 56.3 Å². The van der Waals surface area contributed by atoms with Crippen LogP contribution in [-0.4, -0.2) is 54.6 Å². The molecule has 0 spiro atoms. The number of phenolic OH excluding ortho intramolecular Hbond substituents is 1. The van der Waals surface area contributed by atoms with Gasteiger partial charge in [0.15, 0.2) is 17.2 Å². The van der Waals surface area contributed by atoms with E-state index in [0.717, 1.165) is 6.92 Å². The Morgan fingerprint density at radius 1 is 0.975 bits per heavy atom. The predicted molar refractivity (Wildman–Crippen MR) is 147 cm³/mol. The van der Waals surface area contributed by atoms with Gasteiger partial charge in [0, 0.05) is 11.3 Å². The quantitative estimate of drug-likeness (QED) is 0.358. The molecular formula is C32H32O8. The first-order chi connectivity index (χ1) is 18.7. The maximum absolute atomic E-state index is 14.1. The number of aliphatic hydroxyl groups is 4. The molecule has 0 aliphatic heterocycles. The summed E-state index contributed by atoms with van der Waals surface area (Å²) in [5.74, 6) is -6.65. The van der Waals surface area contributed by atoms with Gasteiger partial charge in [0.05, 0.1) is 22.7 Å². The molecule has 2 aromatic carbocycles. The molecule has 8 nitrogen and oxygen atoms in total. The predicted octanol–water partition coefficient (Wildman–Crippen LogP) is 4.32. The second-order valence-corrected chi connectivity index (χ2v) is 11.7. The number of benzene rings is 2. The molecule has 208 valence electrons. The SMILES string of the molecule is CC(=O)C1=C(O)C(C(C)C)[C@@]2(C)[C@H](O)[C@]3(C)C(=C(O)[C@@]2(O)C1=O)C(=O)c1c(O)cccc1/C3=C\c1ccccc1. The molecule has 1 unspecified atom stereocenters. The summed E-state index contributed by atoms with van der Waals surface area (Å²) in [6, 6.07) is 13.5. The fourth-order valence-corrected chi connectivity index (χ4v) is 7.43. The number of rotatable bonds is 3. The summed E-state index contributed by atoms with van der Waals surface area (Å²) in [5.41, 5.74) is -6.58. The number of hydrogen-bond donors (Lipinski definition) is 5. The van der Waals surface area contributed by atoms with Crippen LogP contribution in [0.2, 0.25) is 0 Å². The van der Waals surface area contributed by atoms with Gasteiger partial charge >= 0.3 is 0 Å². The van der Waals surface area contributed by atoms with Gasteiger partial charge in [0.25, 0.3) is 0 Å². The molecule has 5 N–H and O–H groups in total. The summed E-state index contributed by atoms with van der Waals surface area (Å²) in [5, 5.41) is 58.6. The number of aliphatic hydroxyl groups excluding tert-OH is 3. The van der Waals surface area contributed by atoms with Crippen molar-refractivity contribution in [1.29, 1.82) is 0 Å². The van der Waals surface area contributed by atoms with Gasteiger partial charge < -0.3 is 25.5 Å². The Labute approximate surface area is 231 Å². The molecule has 5 atom stereocenters. The molecule has 3 aliphatic rings. The Balaban J connectivity index is 1.97. The van der Waals surface area contributed by atoms with Crippen LogP contribution in [0, 0.1) is 22.7 Å². The standard InChI is InChI=1S/C32H32O8/c1-15(2)23-25(35)21(16(3)33)27(37)32(40)28(38)24-26(36)22-18(12-9-13-20(22)34)19(14-17-10-7-6-8-11-17)30(24,4)29(39)31(23,32)5/h6-15,23,29,34-35,38-40H,1-5H3/b19-14+/t23?,29-,30+,31+,32+/m1/s1. The van der Waals surface area contributed by atoms with Crippen molar-refractivity contribution >= 4 is 29.0 Å². The molecule has 0 heterocycles. The fourth-order valence-electron chi connectivity index (χ4n) is 7.43. The smallest absolute Gasteiger partial charge is 0.209 e. The summed E-state index contributed by atoms with van der Waals surface area (Å²) < 4.78 is 0. The molecule has 0 aromatic heterocycles. The van der Waals surface area contributed by atoms with Crippen LogP contribution in [0.15, 0.2) is 71.2 Å². The Morgan fingerprint density at radius 3 is 2.17 bits per heavy atom. The number of carbonyl (C=O) groups excluding carboxylic acids is 3. The average Bonchev–Trinajstić information content (AvgIpc) is 2.88. The van der Waals surface area contributed by atoms with Crippen molar-refractivity contribution in [1.82, 2.24) is 0 Å². The first-order valence-electron chi connectivity index (χ1n) is 13.1. The van der Waals surface area contributed by atoms with Crippen LogP contribution < -0.4 is 0 Å².